The number of carboxylic acids is 2. The predicted octanol–water partition coefficient (Wildman–Crippen LogP) is 0.961. The second kappa shape index (κ2) is 13.2. The Bertz CT molecular complexity index is 1900. The summed E-state index contributed by atoms with van der Waals surface area (Å²) in [6.07, 6.45) is 0. The Balaban J connectivity index is 1.13. The number of aliphatic carboxylic acids is 2. The number of carboxylic acid groups (broad SMARTS) is 2. The molecule has 0 bridgehead atoms. The van der Waals surface area contributed by atoms with Gasteiger partial charge in [0, 0.05) is 41.6 Å². The van der Waals surface area contributed by atoms with Crippen molar-refractivity contribution in [1.82, 2.24) is 20.1 Å². The van der Waals surface area contributed by atoms with Crippen LogP contribution in [-0.2, 0) is 24.0 Å². The summed E-state index contributed by atoms with van der Waals surface area (Å²) < 4.78 is 0.501. The fraction of sp³-hybridized carbons (Fsp3) is 0.452. The molecule has 1 aromatic heterocycles. The Morgan fingerprint density at radius 1 is 1.18 bits per heavy atom. The summed E-state index contributed by atoms with van der Waals surface area (Å²) in [5, 5.41) is 46.3. The van der Waals surface area contributed by atoms with Gasteiger partial charge in [-0.15, -0.1) is 23.1 Å². The Kier molecular flexibility index (Phi) is 9.36. The molecular formula is C31H35ClN7O10S2+. The van der Waals surface area contributed by atoms with Crippen molar-refractivity contribution >= 4 is 75.2 Å². The van der Waals surface area contributed by atoms with Crippen molar-refractivity contribution in [1.29, 1.82) is 0 Å². The summed E-state index contributed by atoms with van der Waals surface area (Å²) in [6.45, 7) is 5.04. The van der Waals surface area contributed by atoms with Gasteiger partial charge >= 0.3 is 11.9 Å². The molecule has 0 saturated carbocycles. The molecule has 51 heavy (non-hydrogen) atoms. The summed E-state index contributed by atoms with van der Waals surface area (Å²) in [4.78, 5) is 76.2. The van der Waals surface area contributed by atoms with Crippen molar-refractivity contribution < 1.29 is 53.7 Å². The molecule has 1 aromatic carbocycles. The highest BCUT2D eigenvalue weighted by molar-refractivity contribution is 8.00. The first kappa shape index (κ1) is 36.2. The number of thiazole rings is 1. The number of phenols is 2. The number of fused-ring (bicyclic) bond motifs is 2. The minimum Gasteiger partial charge on any atom is -0.504 e. The first-order chi connectivity index (χ1) is 23.9. The van der Waals surface area contributed by atoms with Crippen molar-refractivity contribution in [2.45, 2.75) is 30.9 Å². The molecule has 272 valence electrons. The van der Waals surface area contributed by atoms with Gasteiger partial charge in [-0.3, -0.25) is 19.3 Å². The number of nitrogens with two attached hydrogens (primary N) is 1. The molecule has 17 nitrogen and oxygen atoms in total. The molecule has 20 heteroatoms. The molecule has 1 unspecified atom stereocenters. The van der Waals surface area contributed by atoms with Crippen molar-refractivity contribution in [3.8, 4) is 11.5 Å². The quantitative estimate of drug-likeness (QED) is 0.0650. The van der Waals surface area contributed by atoms with Gasteiger partial charge in [-0.1, -0.05) is 16.8 Å². The van der Waals surface area contributed by atoms with Crippen LogP contribution < -0.4 is 11.1 Å². The Hall–Kier alpha value is -4.59. The van der Waals surface area contributed by atoms with Crippen LogP contribution in [0.1, 0.15) is 29.9 Å². The van der Waals surface area contributed by atoms with Crippen LogP contribution in [0.4, 0.5) is 5.13 Å². The lowest BCUT2D eigenvalue weighted by Gasteiger charge is -2.50. The number of nitrogens with zero attached hydrogens (tertiary/aromatic N) is 5. The fourth-order valence-electron chi connectivity index (χ4n) is 7.02. The molecular weight excluding hydrogens is 730 g/mol. The number of β-lactam (4-membered cyclic amide) rings is 1. The highest BCUT2D eigenvalue weighted by atomic mass is 35.5. The highest BCUT2D eigenvalue weighted by Crippen LogP contribution is 2.43. The van der Waals surface area contributed by atoms with Crippen LogP contribution in [0.2, 0.25) is 5.02 Å². The SMILES string of the molecule is CC(C)(O/N=C(\C(=O)N[C@@H]1C(=O)N2C(C(=O)O)=C(C[N+]3(C)C[C@H]4CN(C(=O)c5ccc(O)c(O)c5Cl)C[C@H]4C3)CS[C@H]12)c1csc(N)n1)C(=O)O. The molecule has 3 amide bonds. The van der Waals surface area contributed by atoms with Gasteiger partial charge in [0.25, 0.3) is 17.7 Å². The van der Waals surface area contributed by atoms with Gasteiger partial charge < -0.3 is 45.7 Å². The Labute approximate surface area is 303 Å². The first-order valence-corrected chi connectivity index (χ1v) is 18.0. The molecule has 5 heterocycles. The smallest absolute Gasteiger partial charge is 0.352 e. The van der Waals surface area contributed by atoms with E-state index in [2.05, 4.69) is 15.5 Å². The zero-order valence-corrected chi connectivity index (χ0v) is 29.9. The van der Waals surface area contributed by atoms with Gasteiger partial charge in [-0.25, -0.2) is 14.6 Å². The van der Waals surface area contributed by atoms with Crippen LogP contribution >= 0.6 is 34.7 Å². The number of carbonyl (C=O) groups excluding carboxylic acids is 3. The number of hydrogen-bond donors (Lipinski definition) is 6. The number of nitrogens with one attached hydrogen (secondary N) is 1. The van der Waals surface area contributed by atoms with E-state index < -0.39 is 58.0 Å². The van der Waals surface area contributed by atoms with Gasteiger partial charge in [0.2, 0.25) is 5.60 Å². The number of rotatable bonds is 10. The number of nitrogen functional groups attached to an aromatic ring is 1. The minimum atomic E-state index is -1.79. The number of carbonyl (C=O) groups is 5. The lowest BCUT2D eigenvalue weighted by Crippen LogP contribution is -2.71. The fourth-order valence-corrected chi connectivity index (χ4v) is 9.14. The van der Waals surface area contributed by atoms with Gasteiger partial charge in [0.05, 0.1) is 30.7 Å². The van der Waals surface area contributed by atoms with E-state index >= 15 is 0 Å². The number of hydrogen-bond acceptors (Lipinski definition) is 13. The van der Waals surface area contributed by atoms with E-state index in [0.29, 0.717) is 48.5 Å². The summed E-state index contributed by atoms with van der Waals surface area (Å²) in [7, 11) is 2.02. The lowest BCUT2D eigenvalue weighted by molar-refractivity contribution is -0.896. The first-order valence-electron chi connectivity index (χ1n) is 15.7. The number of benzene rings is 1. The van der Waals surface area contributed by atoms with Gasteiger partial charge in [0.1, 0.15) is 29.4 Å². The number of aromatic hydroxyl groups is 2. The molecule has 5 atom stereocenters. The van der Waals surface area contributed by atoms with Gasteiger partial charge in [-0.05, 0) is 26.0 Å². The second-order valence-electron chi connectivity index (χ2n) is 13.7. The Morgan fingerprint density at radius 3 is 2.43 bits per heavy atom. The monoisotopic (exact) mass is 764 g/mol. The summed E-state index contributed by atoms with van der Waals surface area (Å²) >= 11 is 8.46. The van der Waals surface area contributed by atoms with Crippen molar-refractivity contribution in [2.75, 3.05) is 51.3 Å². The zero-order chi connectivity index (χ0) is 37.2. The van der Waals surface area contributed by atoms with Crippen LogP contribution in [0.25, 0.3) is 0 Å². The third-order valence-corrected chi connectivity index (χ3v) is 11.9. The number of amides is 3. The molecule has 3 saturated heterocycles. The summed E-state index contributed by atoms with van der Waals surface area (Å²) in [5.74, 6) is -4.90. The third kappa shape index (κ3) is 6.65. The molecule has 0 spiro atoms. The second-order valence-corrected chi connectivity index (χ2v) is 16.1. The van der Waals surface area contributed by atoms with Crippen LogP contribution in [-0.4, -0.2) is 138 Å². The average molecular weight is 765 g/mol. The number of aromatic nitrogens is 1. The molecule has 4 aliphatic rings. The minimum absolute atomic E-state index is 0.00722. The Morgan fingerprint density at radius 2 is 1.84 bits per heavy atom. The van der Waals surface area contributed by atoms with E-state index in [1.165, 1.54) is 48.0 Å². The molecule has 2 aromatic rings. The molecule has 3 fully saturated rings. The third-order valence-electron chi connectivity index (χ3n) is 9.51. The number of halogens is 1. The van der Waals surface area contributed by atoms with E-state index in [1.54, 1.807) is 4.90 Å². The summed E-state index contributed by atoms with van der Waals surface area (Å²) in [6, 6.07) is 1.48. The molecule has 6 rings (SSSR count). The maximum Gasteiger partial charge on any atom is 0.352 e. The number of quaternary nitrogens is 1. The highest BCUT2D eigenvalue weighted by Gasteiger charge is 2.56. The van der Waals surface area contributed by atoms with Crippen LogP contribution in [0, 0.1) is 11.8 Å². The van der Waals surface area contributed by atoms with Gasteiger partial charge in [0.15, 0.2) is 22.3 Å². The topological polar surface area (TPSA) is 245 Å². The maximum atomic E-state index is 13.5. The van der Waals surface area contributed by atoms with E-state index in [-0.39, 0.29) is 44.9 Å². The maximum absolute atomic E-state index is 13.5. The van der Waals surface area contributed by atoms with Crippen molar-refractivity contribution in [2.24, 2.45) is 17.0 Å². The van der Waals surface area contributed by atoms with Crippen molar-refractivity contribution in [3.05, 3.63) is 45.1 Å². The number of phenolic OH excluding ortho intramolecular Hbond substituents is 2. The number of anilines is 1. The largest absolute Gasteiger partial charge is 0.504 e. The number of likely N-dealkylation sites (tertiary alicyclic amines) is 2. The van der Waals surface area contributed by atoms with Crippen molar-refractivity contribution in [3.63, 3.8) is 0 Å². The number of thioether (sulfide) groups is 1. The zero-order valence-electron chi connectivity index (χ0n) is 27.5. The van der Waals surface area contributed by atoms with Crippen LogP contribution in [0.3, 0.4) is 0 Å². The van der Waals surface area contributed by atoms with Crippen LogP contribution in [0.5, 0.6) is 11.5 Å². The number of likely N-dealkylation sites (N-methyl/N-ethyl adjacent to an activating group) is 1. The molecule has 0 radical (unpaired) electrons. The lowest BCUT2D eigenvalue weighted by atomic mass is 10.0. The van der Waals surface area contributed by atoms with E-state index in [1.807, 2.05) is 7.05 Å². The van der Waals surface area contributed by atoms with E-state index in [9.17, 15) is 44.4 Å². The van der Waals surface area contributed by atoms with Gasteiger partial charge in [-0.2, -0.15) is 0 Å². The predicted molar refractivity (Wildman–Crippen MR) is 184 cm³/mol. The van der Waals surface area contributed by atoms with E-state index in [0.717, 1.165) is 11.3 Å². The average Bonchev–Trinajstić information content (AvgIpc) is 3.74. The normalized spacial score (nSPS) is 26.0. The van der Waals surface area contributed by atoms with Crippen LogP contribution in [0.15, 0.2) is 33.9 Å². The standard InChI is InChI=1S/C31H34ClN7O10S2/c1-31(2,29(47)48)49-36-20(17-12-51-30(33)34-17)24(42)35-21-26(44)38-22(28(45)46)15(11-50-27(21)38)10-39(3)8-13-6-37(7-14(13)9-39)25(43)16-4-5-18(40)23(41)19(16)32/h4-5,12-14,21,27H,6-11H2,1-3H3,(H6-,33,34,35,36,40,41,42,43,45,46,47,48)/p+1/t13-,14+,21-,27-,39?/m1/s1. The van der Waals surface area contributed by atoms with E-state index in [4.69, 9.17) is 22.2 Å². The number of oxime groups is 1. The molecule has 7 N–H and O–H groups in total. The molecule has 0 aliphatic carbocycles. The summed E-state index contributed by atoms with van der Waals surface area (Å²) in [5.41, 5.74) is 4.08. The molecule has 4 aliphatic heterocycles.